The number of aromatic carboxylic acids is 1. The number of hydrogen-bond donors (Lipinski definition) is 1. The maximum Gasteiger partial charge on any atom is 0.337 e. The molecule has 1 aliphatic rings. The van der Waals surface area contributed by atoms with E-state index in [2.05, 4.69) is 0 Å². The van der Waals surface area contributed by atoms with Crippen molar-refractivity contribution < 1.29 is 9.90 Å². The molecule has 0 spiro atoms. The highest BCUT2D eigenvalue weighted by Crippen LogP contribution is 2.34. The Kier molecular flexibility index (Phi) is 3.30. The van der Waals surface area contributed by atoms with Crippen LogP contribution >= 0.6 is 11.6 Å². The summed E-state index contributed by atoms with van der Waals surface area (Å²) in [7, 11) is 0. The van der Waals surface area contributed by atoms with Crippen LogP contribution in [-0.4, -0.2) is 15.6 Å². The van der Waals surface area contributed by atoms with E-state index in [0.29, 0.717) is 10.6 Å². The largest absolute Gasteiger partial charge is 0.478 e. The van der Waals surface area contributed by atoms with Gasteiger partial charge in [-0.3, -0.25) is 0 Å². The molecule has 1 aliphatic carbocycles. The van der Waals surface area contributed by atoms with Gasteiger partial charge in [-0.1, -0.05) is 23.7 Å². The van der Waals surface area contributed by atoms with Crippen LogP contribution in [0.3, 0.4) is 0 Å². The fourth-order valence-corrected chi connectivity index (χ4v) is 3.40. The average molecular weight is 290 g/mol. The summed E-state index contributed by atoms with van der Waals surface area (Å²) >= 11 is 6.29. The van der Waals surface area contributed by atoms with Crippen LogP contribution in [0.1, 0.15) is 40.2 Å². The Morgan fingerprint density at radius 2 is 1.95 bits per heavy atom. The van der Waals surface area contributed by atoms with E-state index >= 15 is 0 Å². The van der Waals surface area contributed by atoms with Gasteiger partial charge in [0, 0.05) is 11.4 Å². The summed E-state index contributed by atoms with van der Waals surface area (Å²) < 4.78 is 2.03. The van der Waals surface area contributed by atoms with E-state index in [1.807, 2.05) is 35.8 Å². The first kappa shape index (κ1) is 13.3. The van der Waals surface area contributed by atoms with Crippen molar-refractivity contribution in [3.05, 3.63) is 51.8 Å². The van der Waals surface area contributed by atoms with Gasteiger partial charge < -0.3 is 9.67 Å². The molecule has 0 fully saturated rings. The van der Waals surface area contributed by atoms with Crippen LogP contribution in [0.25, 0.3) is 5.69 Å². The fourth-order valence-electron chi connectivity index (χ4n) is 3.18. The van der Waals surface area contributed by atoms with E-state index in [4.69, 9.17) is 11.6 Å². The predicted molar refractivity (Wildman–Crippen MR) is 79.1 cm³/mol. The molecule has 20 heavy (non-hydrogen) atoms. The maximum absolute atomic E-state index is 11.6. The Morgan fingerprint density at radius 3 is 2.65 bits per heavy atom. The van der Waals surface area contributed by atoms with Crippen LogP contribution in [0.5, 0.6) is 0 Å². The number of aromatic nitrogens is 1. The van der Waals surface area contributed by atoms with Gasteiger partial charge in [0.05, 0.1) is 16.3 Å². The third-order valence-electron chi connectivity index (χ3n) is 4.01. The maximum atomic E-state index is 11.6. The van der Waals surface area contributed by atoms with Crippen molar-refractivity contribution in [3.8, 4) is 5.69 Å². The molecule has 1 N–H and O–H groups in total. The van der Waals surface area contributed by atoms with Gasteiger partial charge in [-0.15, -0.1) is 0 Å². The van der Waals surface area contributed by atoms with E-state index in [0.717, 1.165) is 48.3 Å². The summed E-state index contributed by atoms with van der Waals surface area (Å²) in [6, 6.07) is 7.59. The van der Waals surface area contributed by atoms with E-state index in [1.54, 1.807) is 0 Å². The van der Waals surface area contributed by atoms with Crippen molar-refractivity contribution in [1.82, 2.24) is 4.57 Å². The molecule has 0 unspecified atom stereocenters. The molecular formula is C16H16ClNO2. The van der Waals surface area contributed by atoms with E-state index in [9.17, 15) is 9.90 Å². The van der Waals surface area contributed by atoms with E-state index in [-0.39, 0.29) is 0 Å². The molecule has 0 radical (unpaired) electrons. The van der Waals surface area contributed by atoms with Gasteiger partial charge in [-0.2, -0.15) is 0 Å². The topological polar surface area (TPSA) is 42.2 Å². The molecule has 2 aromatic rings. The van der Waals surface area contributed by atoms with Crippen LogP contribution in [-0.2, 0) is 12.8 Å². The first-order chi connectivity index (χ1) is 9.61. The zero-order valence-electron chi connectivity index (χ0n) is 11.3. The Labute approximate surface area is 122 Å². The summed E-state index contributed by atoms with van der Waals surface area (Å²) in [5.41, 5.74) is 4.20. The first-order valence-electron chi connectivity index (χ1n) is 6.82. The number of para-hydroxylation sites is 1. The Morgan fingerprint density at radius 1 is 1.25 bits per heavy atom. The lowest BCUT2D eigenvalue weighted by Gasteiger charge is -2.17. The molecule has 0 amide bonds. The van der Waals surface area contributed by atoms with Crippen LogP contribution in [0.2, 0.25) is 5.02 Å². The fraction of sp³-hybridized carbons (Fsp3) is 0.312. The molecular weight excluding hydrogens is 274 g/mol. The molecule has 0 saturated heterocycles. The number of halogens is 1. The molecule has 1 aromatic heterocycles. The molecule has 0 atom stereocenters. The highest BCUT2D eigenvalue weighted by Gasteiger charge is 2.27. The second kappa shape index (κ2) is 4.98. The second-order valence-electron chi connectivity index (χ2n) is 5.18. The van der Waals surface area contributed by atoms with E-state index < -0.39 is 5.97 Å². The number of rotatable bonds is 2. The Bertz CT molecular complexity index is 688. The molecule has 0 aliphatic heterocycles. The number of benzene rings is 1. The lowest BCUT2D eigenvalue weighted by Crippen LogP contribution is -2.08. The monoisotopic (exact) mass is 289 g/mol. The smallest absolute Gasteiger partial charge is 0.337 e. The Hall–Kier alpha value is -1.74. The third-order valence-corrected chi connectivity index (χ3v) is 4.33. The van der Waals surface area contributed by atoms with Crippen molar-refractivity contribution in [2.24, 2.45) is 0 Å². The second-order valence-corrected chi connectivity index (χ2v) is 5.59. The first-order valence-corrected chi connectivity index (χ1v) is 7.20. The lowest BCUT2D eigenvalue weighted by atomic mass is 9.94. The summed E-state index contributed by atoms with van der Waals surface area (Å²) in [5.74, 6) is -0.841. The standard InChI is InChI=1S/C16H16ClNO2/c1-10-15(16(19)20)11-6-2-4-8-13(11)18(10)14-9-5-3-7-12(14)17/h3,5,7,9H,2,4,6,8H2,1H3,(H,19,20). The zero-order valence-corrected chi connectivity index (χ0v) is 12.1. The highest BCUT2D eigenvalue weighted by atomic mass is 35.5. The summed E-state index contributed by atoms with van der Waals surface area (Å²) in [5, 5.41) is 10.2. The normalized spacial score (nSPS) is 14.1. The molecule has 0 bridgehead atoms. The van der Waals surface area contributed by atoms with Crippen molar-refractivity contribution in [2.75, 3.05) is 0 Å². The molecule has 4 heteroatoms. The Balaban J connectivity index is 2.31. The van der Waals surface area contributed by atoms with Crippen LogP contribution in [0.15, 0.2) is 24.3 Å². The van der Waals surface area contributed by atoms with Gasteiger partial charge in [0.1, 0.15) is 0 Å². The van der Waals surface area contributed by atoms with Gasteiger partial charge >= 0.3 is 5.97 Å². The van der Waals surface area contributed by atoms with Crippen molar-refractivity contribution in [3.63, 3.8) is 0 Å². The molecule has 1 heterocycles. The van der Waals surface area contributed by atoms with Crippen LogP contribution < -0.4 is 0 Å². The number of carboxylic acids is 1. The highest BCUT2D eigenvalue weighted by molar-refractivity contribution is 6.32. The quantitative estimate of drug-likeness (QED) is 0.907. The third kappa shape index (κ3) is 1.93. The summed E-state index contributed by atoms with van der Waals surface area (Å²) in [6.45, 7) is 1.87. The number of nitrogens with zero attached hydrogens (tertiary/aromatic N) is 1. The molecule has 104 valence electrons. The minimum Gasteiger partial charge on any atom is -0.478 e. The van der Waals surface area contributed by atoms with Gasteiger partial charge in [-0.05, 0) is 50.3 Å². The lowest BCUT2D eigenvalue weighted by molar-refractivity contribution is 0.0695. The van der Waals surface area contributed by atoms with Crippen molar-refractivity contribution in [1.29, 1.82) is 0 Å². The van der Waals surface area contributed by atoms with E-state index in [1.165, 1.54) is 0 Å². The number of carbonyl (C=O) groups is 1. The molecule has 3 rings (SSSR count). The number of fused-ring (bicyclic) bond motifs is 1. The van der Waals surface area contributed by atoms with Gasteiger partial charge in [0.25, 0.3) is 0 Å². The van der Waals surface area contributed by atoms with Gasteiger partial charge in [0.2, 0.25) is 0 Å². The summed E-state index contributed by atoms with van der Waals surface area (Å²) in [6.07, 6.45) is 3.91. The minimum atomic E-state index is -0.841. The van der Waals surface area contributed by atoms with Gasteiger partial charge in [0.15, 0.2) is 0 Å². The van der Waals surface area contributed by atoms with Crippen LogP contribution in [0.4, 0.5) is 0 Å². The predicted octanol–water partition coefficient (Wildman–Crippen LogP) is 4.02. The molecule has 0 saturated carbocycles. The SMILES string of the molecule is Cc1c(C(=O)O)c2c(n1-c1ccccc1Cl)CCCC2. The van der Waals surface area contributed by atoms with Crippen molar-refractivity contribution in [2.45, 2.75) is 32.6 Å². The molecule has 3 nitrogen and oxygen atoms in total. The molecule has 1 aromatic carbocycles. The summed E-state index contributed by atoms with van der Waals surface area (Å²) in [4.78, 5) is 11.6. The van der Waals surface area contributed by atoms with Crippen LogP contribution in [0, 0.1) is 6.92 Å². The number of hydrogen-bond acceptors (Lipinski definition) is 1. The van der Waals surface area contributed by atoms with Crippen molar-refractivity contribution >= 4 is 17.6 Å². The minimum absolute atomic E-state index is 0.458. The zero-order chi connectivity index (χ0) is 14.3. The number of carboxylic acid groups (broad SMARTS) is 1. The average Bonchev–Trinajstić information content (AvgIpc) is 2.71. The van der Waals surface area contributed by atoms with Gasteiger partial charge in [-0.25, -0.2) is 4.79 Å².